The fraction of sp³-hybridized carbons (Fsp3) is 0.417. The molecule has 3 nitrogen and oxygen atoms in total. The zero-order valence-corrected chi connectivity index (χ0v) is 9.37. The summed E-state index contributed by atoms with van der Waals surface area (Å²) in [7, 11) is 0. The molecule has 0 saturated carbocycles. The smallest absolute Gasteiger partial charge is 0.252 e. The standard InChI is InChI=1S/C12H17NO2/c1-9-6-4-5-7-10(9)11(15)13-12(2,3)8-14/h4-7,14H,8H2,1-3H3,(H,13,15). The summed E-state index contributed by atoms with van der Waals surface area (Å²) in [6, 6.07) is 7.39. The second-order valence-corrected chi connectivity index (χ2v) is 4.31. The minimum absolute atomic E-state index is 0.0787. The van der Waals surface area contributed by atoms with Gasteiger partial charge in [0.25, 0.3) is 5.91 Å². The molecular weight excluding hydrogens is 190 g/mol. The van der Waals surface area contributed by atoms with Crippen LogP contribution in [0.15, 0.2) is 24.3 Å². The first-order valence-corrected chi connectivity index (χ1v) is 4.95. The summed E-state index contributed by atoms with van der Waals surface area (Å²) in [6.07, 6.45) is 0. The predicted molar refractivity (Wildman–Crippen MR) is 59.8 cm³/mol. The van der Waals surface area contributed by atoms with Crippen molar-refractivity contribution in [2.75, 3.05) is 6.61 Å². The van der Waals surface area contributed by atoms with Gasteiger partial charge in [0, 0.05) is 5.56 Å². The van der Waals surface area contributed by atoms with Crippen molar-refractivity contribution in [1.82, 2.24) is 5.32 Å². The molecule has 0 saturated heterocycles. The molecule has 1 aromatic carbocycles. The molecule has 0 aromatic heterocycles. The third-order valence-corrected chi connectivity index (χ3v) is 2.24. The van der Waals surface area contributed by atoms with Gasteiger partial charge in [-0.1, -0.05) is 18.2 Å². The number of benzene rings is 1. The molecule has 0 aliphatic heterocycles. The van der Waals surface area contributed by atoms with E-state index in [2.05, 4.69) is 5.32 Å². The molecule has 0 aliphatic carbocycles. The number of aryl methyl sites for hydroxylation is 1. The molecule has 3 heteroatoms. The molecule has 0 heterocycles. The van der Waals surface area contributed by atoms with Gasteiger partial charge < -0.3 is 10.4 Å². The Morgan fingerprint density at radius 2 is 2.00 bits per heavy atom. The first-order chi connectivity index (χ1) is 6.96. The van der Waals surface area contributed by atoms with Crippen molar-refractivity contribution in [2.45, 2.75) is 26.3 Å². The molecule has 0 spiro atoms. The maximum Gasteiger partial charge on any atom is 0.252 e. The zero-order valence-electron chi connectivity index (χ0n) is 9.37. The van der Waals surface area contributed by atoms with Gasteiger partial charge in [-0.25, -0.2) is 0 Å². The monoisotopic (exact) mass is 207 g/mol. The molecule has 1 aromatic rings. The molecule has 0 bridgehead atoms. The number of nitrogens with one attached hydrogen (secondary N) is 1. The van der Waals surface area contributed by atoms with E-state index in [-0.39, 0.29) is 12.5 Å². The minimum Gasteiger partial charge on any atom is -0.394 e. The summed E-state index contributed by atoms with van der Waals surface area (Å²) in [6.45, 7) is 5.37. The molecular formula is C12H17NO2. The van der Waals surface area contributed by atoms with Crippen molar-refractivity contribution in [3.63, 3.8) is 0 Å². The van der Waals surface area contributed by atoms with E-state index in [4.69, 9.17) is 5.11 Å². The molecule has 0 fully saturated rings. The van der Waals surface area contributed by atoms with Crippen LogP contribution >= 0.6 is 0 Å². The number of carbonyl (C=O) groups is 1. The fourth-order valence-corrected chi connectivity index (χ4v) is 1.24. The predicted octanol–water partition coefficient (Wildman–Crippen LogP) is 1.50. The van der Waals surface area contributed by atoms with E-state index in [1.807, 2.05) is 25.1 Å². The van der Waals surface area contributed by atoms with Crippen LogP contribution in [0.2, 0.25) is 0 Å². The second-order valence-electron chi connectivity index (χ2n) is 4.31. The van der Waals surface area contributed by atoms with Crippen LogP contribution in [-0.2, 0) is 0 Å². The number of rotatable bonds is 3. The van der Waals surface area contributed by atoms with Crippen molar-refractivity contribution in [2.24, 2.45) is 0 Å². The molecule has 0 atom stereocenters. The minimum atomic E-state index is -0.584. The van der Waals surface area contributed by atoms with Crippen LogP contribution in [-0.4, -0.2) is 23.2 Å². The number of amides is 1. The Morgan fingerprint density at radius 1 is 1.40 bits per heavy atom. The van der Waals surface area contributed by atoms with Crippen LogP contribution in [0.1, 0.15) is 29.8 Å². The lowest BCUT2D eigenvalue weighted by Crippen LogP contribution is -2.46. The van der Waals surface area contributed by atoms with E-state index in [1.54, 1.807) is 19.9 Å². The SMILES string of the molecule is Cc1ccccc1C(=O)NC(C)(C)CO. The van der Waals surface area contributed by atoms with Crippen LogP contribution in [0.5, 0.6) is 0 Å². The van der Waals surface area contributed by atoms with Gasteiger partial charge >= 0.3 is 0 Å². The molecule has 82 valence electrons. The lowest BCUT2D eigenvalue weighted by Gasteiger charge is -2.23. The average Bonchev–Trinajstić information content (AvgIpc) is 2.17. The van der Waals surface area contributed by atoms with E-state index >= 15 is 0 Å². The van der Waals surface area contributed by atoms with Crippen molar-refractivity contribution in [3.8, 4) is 0 Å². The summed E-state index contributed by atoms with van der Waals surface area (Å²) in [4.78, 5) is 11.8. The van der Waals surface area contributed by atoms with Crippen LogP contribution in [0.4, 0.5) is 0 Å². The van der Waals surface area contributed by atoms with Gasteiger partial charge in [0.2, 0.25) is 0 Å². The van der Waals surface area contributed by atoms with Gasteiger partial charge in [-0.15, -0.1) is 0 Å². The number of hydrogen-bond donors (Lipinski definition) is 2. The largest absolute Gasteiger partial charge is 0.394 e. The Hall–Kier alpha value is -1.35. The summed E-state index contributed by atoms with van der Waals surface area (Å²) in [5.41, 5.74) is 1.00. The van der Waals surface area contributed by atoms with Gasteiger partial charge in [0.1, 0.15) is 0 Å². The summed E-state index contributed by atoms with van der Waals surface area (Å²) < 4.78 is 0. The third kappa shape index (κ3) is 3.06. The van der Waals surface area contributed by atoms with Crippen molar-refractivity contribution < 1.29 is 9.90 Å². The fourth-order valence-electron chi connectivity index (χ4n) is 1.24. The first kappa shape index (κ1) is 11.7. The Bertz CT molecular complexity index is 358. The zero-order chi connectivity index (χ0) is 11.5. The van der Waals surface area contributed by atoms with E-state index in [1.165, 1.54) is 0 Å². The number of aliphatic hydroxyl groups excluding tert-OH is 1. The van der Waals surface area contributed by atoms with Crippen LogP contribution in [0.3, 0.4) is 0 Å². The number of carbonyl (C=O) groups excluding carboxylic acids is 1. The Kier molecular flexibility index (Phi) is 3.48. The van der Waals surface area contributed by atoms with Gasteiger partial charge in [0.15, 0.2) is 0 Å². The second kappa shape index (κ2) is 4.45. The highest BCUT2D eigenvalue weighted by Crippen LogP contribution is 2.09. The van der Waals surface area contributed by atoms with E-state index in [9.17, 15) is 4.79 Å². The Balaban J connectivity index is 2.83. The van der Waals surface area contributed by atoms with E-state index in [0.29, 0.717) is 5.56 Å². The molecule has 2 N–H and O–H groups in total. The highest BCUT2D eigenvalue weighted by atomic mass is 16.3. The highest BCUT2D eigenvalue weighted by Gasteiger charge is 2.20. The van der Waals surface area contributed by atoms with Gasteiger partial charge in [0.05, 0.1) is 12.1 Å². The Morgan fingerprint density at radius 3 is 2.53 bits per heavy atom. The van der Waals surface area contributed by atoms with Crippen LogP contribution < -0.4 is 5.32 Å². The summed E-state index contributed by atoms with van der Waals surface area (Å²) >= 11 is 0. The molecule has 1 amide bonds. The normalized spacial score (nSPS) is 11.2. The van der Waals surface area contributed by atoms with Gasteiger partial charge in [-0.05, 0) is 32.4 Å². The van der Waals surface area contributed by atoms with Crippen LogP contribution in [0.25, 0.3) is 0 Å². The lowest BCUT2D eigenvalue weighted by atomic mass is 10.0. The number of aliphatic hydroxyl groups is 1. The van der Waals surface area contributed by atoms with Crippen LogP contribution in [0, 0.1) is 6.92 Å². The maximum absolute atomic E-state index is 11.8. The molecule has 15 heavy (non-hydrogen) atoms. The van der Waals surface area contributed by atoms with Crippen molar-refractivity contribution in [3.05, 3.63) is 35.4 Å². The average molecular weight is 207 g/mol. The van der Waals surface area contributed by atoms with Crippen molar-refractivity contribution in [1.29, 1.82) is 0 Å². The highest BCUT2D eigenvalue weighted by molar-refractivity contribution is 5.96. The van der Waals surface area contributed by atoms with Crippen molar-refractivity contribution >= 4 is 5.91 Å². The van der Waals surface area contributed by atoms with E-state index < -0.39 is 5.54 Å². The van der Waals surface area contributed by atoms with E-state index in [0.717, 1.165) is 5.56 Å². The van der Waals surface area contributed by atoms with Gasteiger partial charge in [-0.2, -0.15) is 0 Å². The molecule has 0 aliphatic rings. The summed E-state index contributed by atoms with van der Waals surface area (Å²) in [5, 5.41) is 11.8. The molecule has 0 unspecified atom stereocenters. The lowest BCUT2D eigenvalue weighted by molar-refractivity contribution is 0.0868. The summed E-state index contributed by atoms with van der Waals surface area (Å²) in [5.74, 6) is -0.146. The maximum atomic E-state index is 11.8. The Labute approximate surface area is 90.1 Å². The van der Waals surface area contributed by atoms with Gasteiger partial charge in [-0.3, -0.25) is 4.79 Å². The quantitative estimate of drug-likeness (QED) is 0.789. The number of hydrogen-bond acceptors (Lipinski definition) is 2. The molecule has 0 radical (unpaired) electrons. The third-order valence-electron chi connectivity index (χ3n) is 2.24. The topological polar surface area (TPSA) is 49.3 Å². The first-order valence-electron chi connectivity index (χ1n) is 4.95. The molecule has 1 rings (SSSR count).